The molecule has 0 bridgehead atoms. The summed E-state index contributed by atoms with van der Waals surface area (Å²) in [6, 6.07) is 6.64. The van der Waals surface area contributed by atoms with Gasteiger partial charge in [-0.3, -0.25) is 9.59 Å². The molecular weight excluding hydrogens is 296 g/mol. The molecule has 1 aromatic rings. The Morgan fingerprint density at radius 3 is 2.17 bits per heavy atom. The SMILES string of the molecule is CCCCCCCCOc1ccc(C(CC(=O)O)C(=O)O)cc1. The minimum absolute atomic E-state index is 0.423. The van der Waals surface area contributed by atoms with Crippen LogP contribution in [-0.4, -0.2) is 28.8 Å². The Bertz CT molecular complexity index is 481. The van der Waals surface area contributed by atoms with E-state index < -0.39 is 24.3 Å². The van der Waals surface area contributed by atoms with Crippen LogP contribution in [0.4, 0.5) is 0 Å². The summed E-state index contributed by atoms with van der Waals surface area (Å²) in [5.41, 5.74) is 0.479. The van der Waals surface area contributed by atoms with Crippen LogP contribution in [0.1, 0.15) is 63.4 Å². The van der Waals surface area contributed by atoms with Crippen molar-refractivity contribution >= 4 is 11.9 Å². The lowest BCUT2D eigenvalue weighted by molar-refractivity contribution is -0.145. The number of hydrogen-bond donors (Lipinski definition) is 2. The molecule has 5 heteroatoms. The summed E-state index contributed by atoms with van der Waals surface area (Å²) in [7, 11) is 0. The van der Waals surface area contributed by atoms with E-state index in [2.05, 4.69) is 6.92 Å². The highest BCUT2D eigenvalue weighted by atomic mass is 16.5. The molecule has 0 radical (unpaired) electrons. The fourth-order valence-electron chi connectivity index (χ4n) is 2.39. The Morgan fingerprint density at radius 2 is 1.61 bits per heavy atom. The first-order valence-electron chi connectivity index (χ1n) is 8.22. The van der Waals surface area contributed by atoms with E-state index in [0.717, 1.165) is 12.8 Å². The molecule has 128 valence electrons. The second-order valence-electron chi connectivity index (χ2n) is 5.67. The van der Waals surface area contributed by atoms with E-state index in [-0.39, 0.29) is 0 Å². The predicted molar refractivity (Wildman–Crippen MR) is 87.9 cm³/mol. The molecule has 0 aliphatic carbocycles. The average Bonchev–Trinajstić information content (AvgIpc) is 2.52. The van der Waals surface area contributed by atoms with Gasteiger partial charge in [0.1, 0.15) is 5.75 Å². The molecule has 0 aromatic heterocycles. The standard InChI is InChI=1S/C18H26O5/c1-2-3-4-5-6-7-12-23-15-10-8-14(9-11-15)16(18(21)22)13-17(19)20/h8-11,16H,2-7,12-13H2,1H3,(H,19,20)(H,21,22). The Balaban J connectivity index is 2.40. The van der Waals surface area contributed by atoms with E-state index in [1.807, 2.05) is 0 Å². The molecule has 0 fully saturated rings. The monoisotopic (exact) mass is 322 g/mol. The quantitative estimate of drug-likeness (QED) is 0.567. The van der Waals surface area contributed by atoms with Gasteiger partial charge in [-0.05, 0) is 24.1 Å². The van der Waals surface area contributed by atoms with Crippen LogP contribution in [0.3, 0.4) is 0 Å². The number of carboxylic acids is 2. The largest absolute Gasteiger partial charge is 0.494 e. The zero-order chi connectivity index (χ0) is 17.1. The minimum atomic E-state index is -1.13. The summed E-state index contributed by atoms with van der Waals surface area (Å²) in [4.78, 5) is 21.9. The molecule has 5 nitrogen and oxygen atoms in total. The summed E-state index contributed by atoms with van der Waals surface area (Å²) in [6.07, 6.45) is 6.75. The zero-order valence-corrected chi connectivity index (χ0v) is 13.7. The van der Waals surface area contributed by atoms with Gasteiger partial charge < -0.3 is 14.9 Å². The highest BCUT2D eigenvalue weighted by Crippen LogP contribution is 2.23. The van der Waals surface area contributed by atoms with Gasteiger partial charge in [0.15, 0.2) is 0 Å². The van der Waals surface area contributed by atoms with E-state index in [4.69, 9.17) is 14.9 Å². The topological polar surface area (TPSA) is 83.8 Å². The van der Waals surface area contributed by atoms with Crippen LogP contribution in [0.15, 0.2) is 24.3 Å². The van der Waals surface area contributed by atoms with Crippen LogP contribution in [0.25, 0.3) is 0 Å². The van der Waals surface area contributed by atoms with E-state index in [0.29, 0.717) is 17.9 Å². The van der Waals surface area contributed by atoms with Crippen LogP contribution in [0.5, 0.6) is 5.75 Å². The van der Waals surface area contributed by atoms with Crippen molar-refractivity contribution in [1.82, 2.24) is 0 Å². The van der Waals surface area contributed by atoms with E-state index in [1.54, 1.807) is 24.3 Å². The van der Waals surface area contributed by atoms with Crippen molar-refractivity contribution in [2.75, 3.05) is 6.61 Å². The third-order valence-electron chi connectivity index (χ3n) is 3.73. The summed E-state index contributed by atoms with van der Waals surface area (Å²) in [5, 5.41) is 17.9. The molecule has 1 atom stereocenters. The van der Waals surface area contributed by atoms with Gasteiger partial charge in [0.05, 0.1) is 18.9 Å². The highest BCUT2D eigenvalue weighted by molar-refractivity contribution is 5.82. The Kier molecular flexibility index (Phi) is 8.80. The van der Waals surface area contributed by atoms with E-state index in [9.17, 15) is 9.59 Å². The van der Waals surface area contributed by atoms with Gasteiger partial charge in [-0.1, -0.05) is 51.2 Å². The van der Waals surface area contributed by atoms with Gasteiger partial charge >= 0.3 is 11.9 Å². The van der Waals surface area contributed by atoms with Crippen molar-refractivity contribution in [3.8, 4) is 5.75 Å². The summed E-state index contributed by atoms with van der Waals surface area (Å²) >= 11 is 0. The van der Waals surface area contributed by atoms with Crippen molar-refractivity contribution < 1.29 is 24.5 Å². The van der Waals surface area contributed by atoms with Gasteiger partial charge in [-0.2, -0.15) is 0 Å². The number of carbonyl (C=O) groups is 2. The lowest BCUT2D eigenvalue weighted by Crippen LogP contribution is -2.15. The molecule has 0 saturated carbocycles. The minimum Gasteiger partial charge on any atom is -0.494 e. The molecule has 0 aliphatic heterocycles. The van der Waals surface area contributed by atoms with Gasteiger partial charge in [-0.15, -0.1) is 0 Å². The molecule has 0 heterocycles. The van der Waals surface area contributed by atoms with Crippen LogP contribution < -0.4 is 4.74 Å². The van der Waals surface area contributed by atoms with Crippen LogP contribution in [-0.2, 0) is 9.59 Å². The molecule has 2 N–H and O–H groups in total. The number of rotatable bonds is 12. The third-order valence-corrected chi connectivity index (χ3v) is 3.73. The lowest BCUT2D eigenvalue weighted by atomic mass is 9.96. The van der Waals surface area contributed by atoms with Crippen molar-refractivity contribution in [1.29, 1.82) is 0 Å². The molecule has 1 aromatic carbocycles. The number of hydrogen-bond acceptors (Lipinski definition) is 3. The average molecular weight is 322 g/mol. The van der Waals surface area contributed by atoms with Crippen molar-refractivity contribution in [3.63, 3.8) is 0 Å². The third kappa shape index (κ3) is 7.68. The maximum atomic E-state index is 11.1. The summed E-state index contributed by atoms with van der Waals surface area (Å²) in [6.45, 7) is 2.83. The molecule has 1 rings (SSSR count). The lowest BCUT2D eigenvalue weighted by Gasteiger charge is -2.11. The number of aliphatic carboxylic acids is 2. The summed E-state index contributed by atoms with van der Waals surface area (Å²) in [5.74, 6) is -2.60. The fraction of sp³-hybridized carbons (Fsp3) is 0.556. The van der Waals surface area contributed by atoms with Gasteiger partial charge in [0.2, 0.25) is 0 Å². The predicted octanol–water partition coefficient (Wildman–Crippen LogP) is 4.07. The first kappa shape index (κ1) is 19.0. The second kappa shape index (κ2) is 10.6. The van der Waals surface area contributed by atoms with Gasteiger partial charge in [0.25, 0.3) is 0 Å². The zero-order valence-electron chi connectivity index (χ0n) is 13.7. The maximum Gasteiger partial charge on any atom is 0.311 e. The number of unbranched alkanes of at least 4 members (excludes halogenated alkanes) is 5. The number of carboxylic acid groups (broad SMARTS) is 2. The van der Waals surface area contributed by atoms with Crippen molar-refractivity contribution in [3.05, 3.63) is 29.8 Å². The first-order valence-corrected chi connectivity index (χ1v) is 8.22. The van der Waals surface area contributed by atoms with E-state index in [1.165, 1.54) is 25.7 Å². The Labute approximate surface area is 137 Å². The second-order valence-corrected chi connectivity index (χ2v) is 5.67. The van der Waals surface area contributed by atoms with Gasteiger partial charge in [-0.25, -0.2) is 0 Å². The molecule has 0 aliphatic rings. The van der Waals surface area contributed by atoms with Crippen molar-refractivity contribution in [2.24, 2.45) is 0 Å². The fourth-order valence-corrected chi connectivity index (χ4v) is 2.39. The molecule has 0 spiro atoms. The molecule has 0 amide bonds. The van der Waals surface area contributed by atoms with E-state index >= 15 is 0 Å². The molecule has 0 saturated heterocycles. The van der Waals surface area contributed by atoms with Crippen LogP contribution >= 0.6 is 0 Å². The normalized spacial score (nSPS) is 11.9. The molecule has 1 unspecified atom stereocenters. The maximum absolute atomic E-state index is 11.1. The molecular formula is C18H26O5. The van der Waals surface area contributed by atoms with Gasteiger partial charge in [0, 0.05) is 0 Å². The first-order chi connectivity index (χ1) is 11.0. The Morgan fingerprint density at radius 1 is 1.00 bits per heavy atom. The smallest absolute Gasteiger partial charge is 0.311 e. The van der Waals surface area contributed by atoms with Crippen molar-refractivity contribution in [2.45, 2.75) is 57.8 Å². The highest BCUT2D eigenvalue weighted by Gasteiger charge is 2.22. The van der Waals surface area contributed by atoms with Crippen LogP contribution in [0.2, 0.25) is 0 Å². The molecule has 23 heavy (non-hydrogen) atoms. The Hall–Kier alpha value is -2.04. The summed E-state index contributed by atoms with van der Waals surface area (Å²) < 4.78 is 5.63. The number of benzene rings is 1. The van der Waals surface area contributed by atoms with Crippen LogP contribution in [0, 0.1) is 0 Å². The number of ether oxygens (including phenoxy) is 1.